The van der Waals surface area contributed by atoms with Gasteiger partial charge in [0.25, 0.3) is 0 Å². The van der Waals surface area contributed by atoms with Crippen molar-refractivity contribution in [1.82, 2.24) is 15.3 Å². The molecule has 0 bridgehead atoms. The molecule has 2 aromatic rings. The molecule has 4 heteroatoms. The molecule has 0 unspecified atom stereocenters. The number of nitrogens with one attached hydrogen (secondary N) is 2. The van der Waals surface area contributed by atoms with Crippen LogP contribution in [0, 0.1) is 5.92 Å². The Balaban J connectivity index is 1.59. The van der Waals surface area contributed by atoms with E-state index in [1.165, 1.54) is 12.8 Å². The summed E-state index contributed by atoms with van der Waals surface area (Å²) in [4.78, 5) is 19.5. The van der Waals surface area contributed by atoms with Gasteiger partial charge in [0.1, 0.15) is 5.82 Å². The number of amides is 1. The lowest BCUT2D eigenvalue weighted by molar-refractivity contribution is -0.125. The van der Waals surface area contributed by atoms with Crippen LogP contribution in [0.2, 0.25) is 0 Å². The van der Waals surface area contributed by atoms with Crippen molar-refractivity contribution in [3.8, 4) is 11.3 Å². The molecule has 0 atom stereocenters. The Labute approximate surface area is 118 Å². The van der Waals surface area contributed by atoms with Crippen LogP contribution in [-0.2, 0) is 11.3 Å². The van der Waals surface area contributed by atoms with Crippen molar-refractivity contribution in [2.75, 3.05) is 0 Å². The lowest BCUT2D eigenvalue weighted by Gasteiger charge is -2.08. The molecule has 104 valence electrons. The molecule has 1 heterocycles. The van der Waals surface area contributed by atoms with Crippen molar-refractivity contribution in [2.24, 2.45) is 5.92 Å². The third kappa shape index (κ3) is 2.90. The summed E-state index contributed by atoms with van der Waals surface area (Å²) < 4.78 is 0. The predicted molar refractivity (Wildman–Crippen MR) is 77.8 cm³/mol. The van der Waals surface area contributed by atoms with Crippen molar-refractivity contribution in [2.45, 2.75) is 32.2 Å². The summed E-state index contributed by atoms with van der Waals surface area (Å²) in [5, 5.41) is 2.97. The molecule has 0 radical (unpaired) electrons. The van der Waals surface area contributed by atoms with Crippen LogP contribution in [-0.4, -0.2) is 15.9 Å². The Hall–Kier alpha value is -2.10. The Morgan fingerprint density at radius 2 is 2.00 bits per heavy atom. The number of rotatable bonds is 4. The first-order chi connectivity index (χ1) is 9.83. The molecule has 1 aromatic heterocycles. The number of imidazole rings is 1. The van der Waals surface area contributed by atoms with Gasteiger partial charge in [0.15, 0.2) is 0 Å². The lowest BCUT2D eigenvalue weighted by atomic mass is 10.1. The first-order valence-corrected chi connectivity index (χ1v) is 7.20. The van der Waals surface area contributed by atoms with Crippen LogP contribution in [0.15, 0.2) is 36.5 Å². The van der Waals surface area contributed by atoms with Crippen LogP contribution in [0.1, 0.15) is 31.5 Å². The number of benzene rings is 1. The number of hydrogen-bond acceptors (Lipinski definition) is 2. The van der Waals surface area contributed by atoms with Crippen LogP contribution in [0.3, 0.4) is 0 Å². The van der Waals surface area contributed by atoms with Crippen molar-refractivity contribution in [3.05, 3.63) is 42.4 Å². The summed E-state index contributed by atoms with van der Waals surface area (Å²) >= 11 is 0. The van der Waals surface area contributed by atoms with Crippen LogP contribution in [0.5, 0.6) is 0 Å². The number of aromatic amines is 1. The maximum atomic E-state index is 11.9. The van der Waals surface area contributed by atoms with Gasteiger partial charge in [-0.25, -0.2) is 4.98 Å². The Morgan fingerprint density at radius 3 is 2.75 bits per heavy atom. The fourth-order valence-corrected chi connectivity index (χ4v) is 2.72. The summed E-state index contributed by atoms with van der Waals surface area (Å²) in [6.45, 7) is 0.474. The molecule has 1 amide bonds. The quantitative estimate of drug-likeness (QED) is 0.896. The van der Waals surface area contributed by atoms with Gasteiger partial charge in [-0.2, -0.15) is 0 Å². The van der Waals surface area contributed by atoms with Gasteiger partial charge in [0.2, 0.25) is 5.91 Å². The Bertz CT molecular complexity index is 570. The van der Waals surface area contributed by atoms with Gasteiger partial charge in [-0.15, -0.1) is 0 Å². The maximum Gasteiger partial charge on any atom is 0.223 e. The van der Waals surface area contributed by atoms with E-state index < -0.39 is 0 Å². The average Bonchev–Trinajstić information content (AvgIpc) is 3.17. The van der Waals surface area contributed by atoms with E-state index >= 15 is 0 Å². The van der Waals surface area contributed by atoms with E-state index in [1.54, 1.807) is 0 Å². The van der Waals surface area contributed by atoms with Crippen LogP contribution >= 0.6 is 0 Å². The van der Waals surface area contributed by atoms with Crippen molar-refractivity contribution >= 4 is 5.91 Å². The maximum absolute atomic E-state index is 11.9. The molecule has 1 saturated carbocycles. The topological polar surface area (TPSA) is 57.8 Å². The smallest absolute Gasteiger partial charge is 0.223 e. The van der Waals surface area contributed by atoms with Crippen LogP contribution in [0.4, 0.5) is 0 Å². The van der Waals surface area contributed by atoms with Gasteiger partial charge in [-0.1, -0.05) is 43.2 Å². The van der Waals surface area contributed by atoms with Gasteiger partial charge < -0.3 is 10.3 Å². The Kier molecular flexibility index (Phi) is 3.81. The van der Waals surface area contributed by atoms with Crippen LogP contribution < -0.4 is 5.32 Å². The third-order valence-electron chi connectivity index (χ3n) is 3.87. The zero-order chi connectivity index (χ0) is 13.8. The predicted octanol–water partition coefficient (Wildman–Crippen LogP) is 2.88. The second-order valence-electron chi connectivity index (χ2n) is 5.31. The molecule has 0 saturated heterocycles. The normalized spacial score (nSPS) is 15.4. The Morgan fingerprint density at radius 1 is 1.25 bits per heavy atom. The fourth-order valence-electron chi connectivity index (χ4n) is 2.72. The molecular formula is C16H19N3O. The zero-order valence-corrected chi connectivity index (χ0v) is 11.4. The number of nitrogens with zero attached hydrogens (tertiary/aromatic N) is 1. The van der Waals surface area contributed by atoms with E-state index in [0.717, 1.165) is 29.9 Å². The van der Waals surface area contributed by atoms with E-state index in [4.69, 9.17) is 0 Å². The molecular weight excluding hydrogens is 250 g/mol. The fraction of sp³-hybridized carbons (Fsp3) is 0.375. The standard InChI is InChI=1S/C16H19N3O/c20-16(13-8-4-5-9-13)18-11-15-17-10-14(19-15)12-6-2-1-3-7-12/h1-3,6-7,10,13H,4-5,8-9,11H2,(H,17,19)(H,18,20). The highest BCUT2D eigenvalue weighted by atomic mass is 16.1. The second kappa shape index (κ2) is 5.90. The van der Waals surface area contributed by atoms with Gasteiger partial charge in [-0.05, 0) is 18.4 Å². The third-order valence-corrected chi connectivity index (χ3v) is 3.87. The van der Waals surface area contributed by atoms with Gasteiger partial charge in [0, 0.05) is 5.92 Å². The minimum Gasteiger partial charge on any atom is -0.349 e. The summed E-state index contributed by atoms with van der Waals surface area (Å²) in [5.41, 5.74) is 2.09. The summed E-state index contributed by atoms with van der Waals surface area (Å²) in [5.74, 6) is 1.17. The zero-order valence-electron chi connectivity index (χ0n) is 11.4. The minimum absolute atomic E-state index is 0.167. The molecule has 20 heavy (non-hydrogen) atoms. The van der Waals surface area contributed by atoms with Gasteiger partial charge in [0.05, 0.1) is 18.4 Å². The van der Waals surface area contributed by atoms with Gasteiger partial charge in [-0.3, -0.25) is 4.79 Å². The molecule has 1 aliphatic carbocycles. The number of aromatic nitrogens is 2. The van der Waals surface area contributed by atoms with Crippen molar-refractivity contribution in [3.63, 3.8) is 0 Å². The molecule has 0 aliphatic heterocycles. The molecule has 1 aliphatic rings. The van der Waals surface area contributed by atoms with Crippen molar-refractivity contribution in [1.29, 1.82) is 0 Å². The highest BCUT2D eigenvalue weighted by Gasteiger charge is 2.22. The molecule has 1 aromatic carbocycles. The molecule has 0 spiro atoms. The van der Waals surface area contributed by atoms with E-state index in [9.17, 15) is 4.79 Å². The van der Waals surface area contributed by atoms with E-state index in [1.807, 2.05) is 36.5 Å². The first kappa shape index (κ1) is 12.9. The molecule has 1 fully saturated rings. The number of H-pyrrole nitrogens is 1. The highest BCUT2D eigenvalue weighted by molar-refractivity contribution is 5.78. The summed E-state index contributed by atoms with van der Waals surface area (Å²) in [6, 6.07) is 10.1. The highest BCUT2D eigenvalue weighted by Crippen LogP contribution is 2.24. The van der Waals surface area contributed by atoms with Crippen LogP contribution in [0.25, 0.3) is 11.3 Å². The van der Waals surface area contributed by atoms with E-state index in [-0.39, 0.29) is 11.8 Å². The lowest BCUT2D eigenvalue weighted by Crippen LogP contribution is -2.29. The second-order valence-corrected chi connectivity index (χ2v) is 5.31. The van der Waals surface area contributed by atoms with E-state index in [0.29, 0.717) is 6.54 Å². The minimum atomic E-state index is 0.167. The summed E-state index contributed by atoms with van der Waals surface area (Å²) in [7, 11) is 0. The SMILES string of the molecule is O=C(NCc1ncc(-c2ccccc2)[nH]1)C1CCCC1. The average molecular weight is 269 g/mol. The van der Waals surface area contributed by atoms with Crippen molar-refractivity contribution < 1.29 is 4.79 Å². The molecule has 3 rings (SSSR count). The van der Waals surface area contributed by atoms with E-state index in [2.05, 4.69) is 15.3 Å². The molecule has 2 N–H and O–H groups in total. The number of carbonyl (C=O) groups excluding carboxylic acids is 1. The number of carbonyl (C=O) groups is 1. The number of hydrogen-bond donors (Lipinski definition) is 2. The molecule has 4 nitrogen and oxygen atoms in total. The monoisotopic (exact) mass is 269 g/mol. The summed E-state index contributed by atoms with van der Waals surface area (Å²) in [6.07, 6.45) is 6.22. The first-order valence-electron chi connectivity index (χ1n) is 7.20. The largest absolute Gasteiger partial charge is 0.349 e. The van der Waals surface area contributed by atoms with Gasteiger partial charge >= 0.3 is 0 Å².